The maximum atomic E-state index is 12.6. The van der Waals surface area contributed by atoms with Crippen molar-refractivity contribution in [2.24, 2.45) is 0 Å². The van der Waals surface area contributed by atoms with E-state index in [1.54, 1.807) is 19.3 Å². The third-order valence-corrected chi connectivity index (χ3v) is 4.26. The van der Waals surface area contributed by atoms with Gasteiger partial charge in [-0.05, 0) is 32.7 Å². The molecule has 0 aliphatic carbocycles. The molecule has 2 aromatic heterocycles. The third-order valence-electron chi connectivity index (χ3n) is 4.26. The highest BCUT2D eigenvalue weighted by Crippen LogP contribution is 2.23. The van der Waals surface area contributed by atoms with Gasteiger partial charge in [-0.1, -0.05) is 12.1 Å². The molecule has 8 heteroatoms. The summed E-state index contributed by atoms with van der Waals surface area (Å²) >= 11 is 0. The summed E-state index contributed by atoms with van der Waals surface area (Å²) < 4.78 is 6.83. The normalized spacial score (nSPS) is 19.8. The van der Waals surface area contributed by atoms with Crippen LogP contribution < -0.4 is 5.32 Å². The van der Waals surface area contributed by atoms with E-state index in [1.165, 1.54) is 6.33 Å². The predicted molar refractivity (Wildman–Crippen MR) is 83.7 cm³/mol. The van der Waals surface area contributed by atoms with E-state index in [0.717, 1.165) is 32.4 Å². The van der Waals surface area contributed by atoms with E-state index in [0.29, 0.717) is 17.6 Å². The van der Waals surface area contributed by atoms with E-state index >= 15 is 0 Å². The van der Waals surface area contributed by atoms with Crippen LogP contribution >= 0.6 is 0 Å². The zero-order chi connectivity index (χ0) is 16.2. The fourth-order valence-corrected chi connectivity index (χ4v) is 3.21. The molecule has 0 saturated carbocycles. The summed E-state index contributed by atoms with van der Waals surface area (Å²) in [5, 5.41) is 10.9. The number of likely N-dealkylation sites (tertiary alicyclic amines) is 1. The summed E-state index contributed by atoms with van der Waals surface area (Å²) in [6.07, 6.45) is 6.15. The van der Waals surface area contributed by atoms with Crippen molar-refractivity contribution in [2.45, 2.75) is 51.7 Å². The van der Waals surface area contributed by atoms with Gasteiger partial charge < -0.3 is 9.84 Å². The van der Waals surface area contributed by atoms with Crippen molar-refractivity contribution in [3.63, 3.8) is 0 Å². The number of hydrogen-bond acceptors (Lipinski definition) is 6. The Morgan fingerprint density at radius 1 is 1.57 bits per heavy atom. The van der Waals surface area contributed by atoms with Crippen molar-refractivity contribution >= 4 is 11.7 Å². The van der Waals surface area contributed by atoms with E-state index in [2.05, 4.69) is 25.5 Å². The number of nitrogens with one attached hydrogen (secondary N) is 1. The second kappa shape index (κ2) is 6.91. The second-order valence-corrected chi connectivity index (χ2v) is 5.89. The van der Waals surface area contributed by atoms with Crippen LogP contribution in [-0.4, -0.2) is 49.4 Å². The van der Waals surface area contributed by atoms with Gasteiger partial charge in [-0.25, -0.2) is 4.98 Å². The maximum Gasteiger partial charge on any atom is 0.242 e. The first-order chi connectivity index (χ1) is 11.2. The van der Waals surface area contributed by atoms with Gasteiger partial charge in [0.1, 0.15) is 18.4 Å². The van der Waals surface area contributed by atoms with Gasteiger partial charge in [-0.2, -0.15) is 5.10 Å². The van der Waals surface area contributed by atoms with Gasteiger partial charge in [0.05, 0.1) is 12.6 Å². The van der Waals surface area contributed by atoms with E-state index in [1.807, 2.05) is 11.6 Å². The molecule has 124 valence electrons. The Kier molecular flexibility index (Phi) is 4.71. The molecule has 0 bridgehead atoms. The topological polar surface area (TPSA) is 89.1 Å². The van der Waals surface area contributed by atoms with Crippen molar-refractivity contribution in [2.75, 3.05) is 11.9 Å². The minimum atomic E-state index is -0.178. The van der Waals surface area contributed by atoms with Crippen LogP contribution in [0.3, 0.4) is 0 Å². The first kappa shape index (κ1) is 15.7. The minimum absolute atomic E-state index is 0.0358. The fourth-order valence-electron chi connectivity index (χ4n) is 3.21. The molecule has 1 fully saturated rings. The number of aromatic nitrogens is 4. The molecular weight excluding hydrogens is 296 g/mol. The van der Waals surface area contributed by atoms with E-state index in [9.17, 15) is 4.79 Å². The quantitative estimate of drug-likeness (QED) is 0.867. The third kappa shape index (κ3) is 3.58. The highest BCUT2D eigenvalue weighted by atomic mass is 16.5. The SMILES string of the molecule is CCC(C(=O)Nc1cc(C)on1)N1CCCC1Cn1cncn1. The zero-order valence-corrected chi connectivity index (χ0v) is 13.5. The molecular formula is C15H22N6O2. The lowest BCUT2D eigenvalue weighted by Crippen LogP contribution is -2.47. The molecule has 0 aromatic carbocycles. The molecule has 1 aliphatic heterocycles. The molecule has 1 saturated heterocycles. The monoisotopic (exact) mass is 318 g/mol. The standard InChI is InChI=1S/C15H22N6O2/c1-3-13(15(22)18-14-7-11(2)23-19-14)21-6-4-5-12(21)8-20-10-16-9-17-20/h7,9-10,12-13H,3-6,8H2,1-2H3,(H,18,19,22). The van der Waals surface area contributed by atoms with Gasteiger partial charge in [0.25, 0.3) is 0 Å². The summed E-state index contributed by atoms with van der Waals surface area (Å²) in [5.41, 5.74) is 0. The summed E-state index contributed by atoms with van der Waals surface area (Å²) in [7, 11) is 0. The molecule has 2 unspecified atom stereocenters. The summed E-state index contributed by atoms with van der Waals surface area (Å²) in [6.45, 7) is 5.51. The van der Waals surface area contributed by atoms with Gasteiger partial charge in [0.2, 0.25) is 5.91 Å². The summed E-state index contributed by atoms with van der Waals surface area (Å²) in [5.74, 6) is 1.11. The van der Waals surface area contributed by atoms with E-state index in [-0.39, 0.29) is 11.9 Å². The summed E-state index contributed by atoms with van der Waals surface area (Å²) in [4.78, 5) is 18.9. The Balaban J connectivity index is 1.67. The number of anilines is 1. The zero-order valence-electron chi connectivity index (χ0n) is 13.5. The highest BCUT2D eigenvalue weighted by molar-refractivity contribution is 5.94. The molecule has 0 radical (unpaired) electrons. The van der Waals surface area contributed by atoms with Gasteiger partial charge in [-0.3, -0.25) is 14.4 Å². The molecule has 3 rings (SSSR count). The molecule has 1 amide bonds. The smallest absolute Gasteiger partial charge is 0.242 e. The first-order valence-electron chi connectivity index (χ1n) is 7.99. The number of amides is 1. The number of rotatable bonds is 6. The van der Waals surface area contributed by atoms with Crippen LogP contribution in [0.5, 0.6) is 0 Å². The van der Waals surface area contributed by atoms with Crippen LogP contribution in [-0.2, 0) is 11.3 Å². The fraction of sp³-hybridized carbons (Fsp3) is 0.600. The Morgan fingerprint density at radius 3 is 3.09 bits per heavy atom. The van der Waals surface area contributed by atoms with Crippen LogP contribution in [0.15, 0.2) is 23.2 Å². The number of aryl methyl sites for hydroxylation is 1. The first-order valence-corrected chi connectivity index (χ1v) is 7.99. The number of hydrogen-bond donors (Lipinski definition) is 1. The number of carbonyl (C=O) groups excluding carboxylic acids is 1. The number of nitrogens with zero attached hydrogens (tertiary/aromatic N) is 5. The largest absolute Gasteiger partial charge is 0.360 e. The predicted octanol–water partition coefficient (Wildman–Crippen LogP) is 1.46. The van der Waals surface area contributed by atoms with Gasteiger partial charge in [0, 0.05) is 12.1 Å². The Labute approximate surface area is 134 Å². The van der Waals surface area contributed by atoms with Crippen LogP contribution in [0.4, 0.5) is 5.82 Å². The van der Waals surface area contributed by atoms with Gasteiger partial charge in [0.15, 0.2) is 5.82 Å². The van der Waals surface area contributed by atoms with E-state index < -0.39 is 0 Å². The van der Waals surface area contributed by atoms with Crippen molar-refractivity contribution in [1.29, 1.82) is 0 Å². The molecule has 1 N–H and O–H groups in total. The lowest BCUT2D eigenvalue weighted by molar-refractivity contribution is -0.122. The molecule has 23 heavy (non-hydrogen) atoms. The Morgan fingerprint density at radius 2 is 2.43 bits per heavy atom. The molecule has 8 nitrogen and oxygen atoms in total. The maximum absolute atomic E-state index is 12.6. The van der Waals surface area contributed by atoms with Crippen molar-refractivity contribution < 1.29 is 9.32 Å². The van der Waals surface area contributed by atoms with Crippen LogP contribution in [0.2, 0.25) is 0 Å². The number of carbonyl (C=O) groups is 1. The molecule has 1 aliphatic rings. The van der Waals surface area contributed by atoms with Gasteiger partial charge in [-0.15, -0.1) is 0 Å². The van der Waals surface area contributed by atoms with E-state index in [4.69, 9.17) is 4.52 Å². The molecule has 0 spiro atoms. The van der Waals surface area contributed by atoms with Crippen LogP contribution in [0, 0.1) is 6.92 Å². The lowest BCUT2D eigenvalue weighted by Gasteiger charge is -2.31. The van der Waals surface area contributed by atoms with Crippen LogP contribution in [0.1, 0.15) is 31.9 Å². The average molecular weight is 318 g/mol. The lowest BCUT2D eigenvalue weighted by atomic mass is 10.1. The van der Waals surface area contributed by atoms with Gasteiger partial charge >= 0.3 is 0 Å². The molecule has 2 aromatic rings. The van der Waals surface area contributed by atoms with Crippen LogP contribution in [0.25, 0.3) is 0 Å². The minimum Gasteiger partial charge on any atom is -0.360 e. The molecule has 2 atom stereocenters. The van der Waals surface area contributed by atoms with Crippen molar-refractivity contribution in [3.8, 4) is 0 Å². The van der Waals surface area contributed by atoms with Crippen molar-refractivity contribution in [3.05, 3.63) is 24.5 Å². The molecule has 3 heterocycles. The van der Waals surface area contributed by atoms with Crippen molar-refractivity contribution in [1.82, 2.24) is 24.8 Å². The summed E-state index contributed by atoms with van der Waals surface area (Å²) in [6, 6.07) is 1.84. The average Bonchev–Trinajstić information content (AvgIpc) is 3.25. The Bertz CT molecular complexity index is 638. The second-order valence-electron chi connectivity index (χ2n) is 5.89. The highest BCUT2D eigenvalue weighted by Gasteiger charge is 2.34. The Hall–Kier alpha value is -2.22.